The maximum Gasteiger partial charge on any atom is 0.441 e. The van der Waals surface area contributed by atoms with Crippen molar-refractivity contribution in [1.29, 1.82) is 0 Å². The number of carbonyl (C=O) groups excluding carboxylic acids is 1. The van der Waals surface area contributed by atoms with Crippen molar-refractivity contribution in [2.45, 2.75) is 6.29 Å². The van der Waals surface area contributed by atoms with Crippen LogP contribution < -0.4 is 5.06 Å². The number of aliphatic hydroxyl groups excluding tert-OH is 1. The van der Waals surface area contributed by atoms with Gasteiger partial charge < -0.3 is 14.9 Å². The monoisotopic (exact) mass is 303 g/mol. The first-order chi connectivity index (χ1) is 10.5. The number of carbonyl (C=O) groups is 2. The highest BCUT2D eigenvalue weighted by atomic mass is 16.7. The van der Waals surface area contributed by atoms with E-state index < -0.39 is 18.4 Å². The molecule has 7 nitrogen and oxygen atoms in total. The number of amides is 1. The Hall–Kier alpha value is -2.90. The van der Waals surface area contributed by atoms with E-state index >= 15 is 0 Å². The molecule has 22 heavy (non-hydrogen) atoms. The fraction of sp³-hybridized carbons (Fsp3) is 0.0667. The fourth-order valence-corrected chi connectivity index (χ4v) is 1.77. The van der Waals surface area contributed by atoms with Crippen LogP contribution >= 0.6 is 0 Å². The average Bonchev–Trinajstić information content (AvgIpc) is 2.54. The molecule has 1 atom stereocenters. The smallest absolute Gasteiger partial charge is 0.441 e. The normalized spacial score (nSPS) is 11.5. The third-order valence-corrected chi connectivity index (χ3v) is 2.83. The molecule has 0 saturated heterocycles. The topological polar surface area (TPSA) is 107 Å². The second kappa shape index (κ2) is 6.70. The molecular weight excluding hydrogens is 290 g/mol. The molecule has 0 spiro atoms. The highest BCUT2D eigenvalue weighted by Gasteiger charge is 2.23. The Morgan fingerprint density at radius 2 is 1.59 bits per heavy atom. The third-order valence-electron chi connectivity index (χ3n) is 2.83. The standard InChI is InChI=1S/C15H13NO6/c17-13(18)11-8-4-5-9-12(11)16(21)15(20)22-14(19)10-6-2-1-3-7-10/h1-9,14,19,21H,(H,17,18). The van der Waals surface area contributed by atoms with Gasteiger partial charge in [0, 0.05) is 5.56 Å². The summed E-state index contributed by atoms with van der Waals surface area (Å²) in [6.07, 6.45) is -2.88. The number of hydrogen-bond acceptors (Lipinski definition) is 5. The van der Waals surface area contributed by atoms with Crippen LogP contribution in [0.3, 0.4) is 0 Å². The molecular formula is C15H13NO6. The second-order valence-electron chi connectivity index (χ2n) is 4.28. The molecule has 1 unspecified atom stereocenters. The summed E-state index contributed by atoms with van der Waals surface area (Å²) in [6.45, 7) is 0. The van der Waals surface area contributed by atoms with Crippen LogP contribution in [0.25, 0.3) is 0 Å². The zero-order valence-corrected chi connectivity index (χ0v) is 11.3. The van der Waals surface area contributed by atoms with Gasteiger partial charge in [-0.05, 0) is 12.1 Å². The SMILES string of the molecule is O=C(O)c1ccccc1N(O)C(=O)OC(O)c1ccccc1. The molecule has 0 aromatic heterocycles. The Labute approximate surface area is 125 Å². The molecule has 0 heterocycles. The van der Waals surface area contributed by atoms with Crippen molar-refractivity contribution in [1.82, 2.24) is 0 Å². The summed E-state index contributed by atoms with van der Waals surface area (Å²) in [5.41, 5.74) is -0.229. The van der Waals surface area contributed by atoms with Gasteiger partial charge >= 0.3 is 12.1 Å². The number of nitrogens with zero attached hydrogens (tertiary/aromatic N) is 1. The Bertz CT molecular complexity index is 673. The summed E-state index contributed by atoms with van der Waals surface area (Å²) in [7, 11) is 0. The van der Waals surface area contributed by atoms with Crippen LogP contribution in [0.5, 0.6) is 0 Å². The number of hydroxylamine groups is 1. The van der Waals surface area contributed by atoms with Crippen LogP contribution in [0.2, 0.25) is 0 Å². The summed E-state index contributed by atoms with van der Waals surface area (Å²) in [6, 6.07) is 13.4. The van der Waals surface area contributed by atoms with Gasteiger partial charge in [-0.25, -0.2) is 9.59 Å². The lowest BCUT2D eigenvalue weighted by atomic mass is 10.2. The van der Waals surface area contributed by atoms with E-state index in [1.807, 2.05) is 0 Å². The summed E-state index contributed by atoms with van der Waals surface area (Å²) in [4.78, 5) is 22.9. The molecule has 2 aromatic carbocycles. The minimum Gasteiger partial charge on any atom is -0.478 e. The van der Waals surface area contributed by atoms with E-state index in [1.165, 1.54) is 36.4 Å². The molecule has 114 valence electrons. The molecule has 2 rings (SSSR count). The van der Waals surface area contributed by atoms with Gasteiger partial charge in [0.25, 0.3) is 0 Å². The van der Waals surface area contributed by atoms with E-state index in [-0.39, 0.29) is 16.3 Å². The van der Waals surface area contributed by atoms with Crippen LogP contribution in [0.4, 0.5) is 10.5 Å². The summed E-state index contributed by atoms with van der Waals surface area (Å²) >= 11 is 0. The molecule has 1 amide bonds. The number of aromatic carboxylic acids is 1. The first-order valence-corrected chi connectivity index (χ1v) is 6.25. The lowest BCUT2D eigenvalue weighted by molar-refractivity contribution is -0.0583. The number of rotatable bonds is 4. The van der Waals surface area contributed by atoms with Crippen LogP contribution in [-0.4, -0.2) is 27.5 Å². The quantitative estimate of drug-likeness (QED) is 0.455. The van der Waals surface area contributed by atoms with E-state index in [0.29, 0.717) is 5.56 Å². The molecule has 0 bridgehead atoms. The Morgan fingerprint density at radius 1 is 1.00 bits per heavy atom. The van der Waals surface area contributed by atoms with Crippen molar-refractivity contribution < 1.29 is 29.7 Å². The van der Waals surface area contributed by atoms with Gasteiger partial charge in [-0.15, -0.1) is 0 Å². The summed E-state index contributed by atoms with van der Waals surface area (Å²) in [5, 5.41) is 28.6. The van der Waals surface area contributed by atoms with Gasteiger partial charge in [0.2, 0.25) is 6.29 Å². The number of benzene rings is 2. The van der Waals surface area contributed by atoms with Crippen molar-refractivity contribution in [2.24, 2.45) is 0 Å². The van der Waals surface area contributed by atoms with Crippen LogP contribution in [0.15, 0.2) is 54.6 Å². The Morgan fingerprint density at radius 3 is 2.23 bits per heavy atom. The number of carboxylic acid groups (broad SMARTS) is 1. The summed E-state index contributed by atoms with van der Waals surface area (Å²) in [5.74, 6) is -1.31. The maximum atomic E-state index is 11.8. The van der Waals surface area contributed by atoms with E-state index in [4.69, 9.17) is 5.11 Å². The van der Waals surface area contributed by atoms with Gasteiger partial charge in [-0.1, -0.05) is 42.5 Å². The summed E-state index contributed by atoms with van der Waals surface area (Å²) < 4.78 is 4.69. The van der Waals surface area contributed by atoms with Crippen molar-refractivity contribution in [3.05, 3.63) is 65.7 Å². The number of aliphatic hydroxyl groups is 1. The number of carboxylic acids is 1. The zero-order valence-electron chi connectivity index (χ0n) is 11.3. The molecule has 3 N–H and O–H groups in total. The molecule has 2 aromatic rings. The lowest BCUT2D eigenvalue weighted by Crippen LogP contribution is -2.30. The molecule has 0 aliphatic heterocycles. The van der Waals surface area contributed by atoms with E-state index in [9.17, 15) is 19.9 Å². The largest absolute Gasteiger partial charge is 0.478 e. The Balaban J connectivity index is 2.15. The Kier molecular flexibility index (Phi) is 4.72. The van der Waals surface area contributed by atoms with Crippen LogP contribution in [0, 0.1) is 0 Å². The van der Waals surface area contributed by atoms with E-state index in [2.05, 4.69) is 4.74 Å². The van der Waals surface area contributed by atoms with Crippen molar-refractivity contribution in [2.75, 3.05) is 5.06 Å². The highest BCUT2D eigenvalue weighted by Crippen LogP contribution is 2.22. The highest BCUT2D eigenvalue weighted by molar-refractivity contribution is 5.98. The molecule has 0 fully saturated rings. The molecule has 0 radical (unpaired) electrons. The predicted molar refractivity (Wildman–Crippen MR) is 75.5 cm³/mol. The maximum absolute atomic E-state index is 11.8. The van der Waals surface area contributed by atoms with E-state index in [1.54, 1.807) is 18.2 Å². The number of anilines is 1. The third kappa shape index (κ3) is 3.40. The first-order valence-electron chi connectivity index (χ1n) is 6.25. The zero-order chi connectivity index (χ0) is 16.1. The van der Waals surface area contributed by atoms with Gasteiger partial charge in [-0.3, -0.25) is 5.21 Å². The van der Waals surface area contributed by atoms with Gasteiger partial charge in [0.15, 0.2) is 0 Å². The molecule has 0 aliphatic carbocycles. The first kappa shape index (κ1) is 15.5. The molecule has 7 heteroatoms. The average molecular weight is 303 g/mol. The van der Waals surface area contributed by atoms with Crippen molar-refractivity contribution in [3.63, 3.8) is 0 Å². The van der Waals surface area contributed by atoms with Crippen molar-refractivity contribution in [3.8, 4) is 0 Å². The van der Waals surface area contributed by atoms with Crippen molar-refractivity contribution >= 4 is 17.7 Å². The van der Waals surface area contributed by atoms with E-state index in [0.717, 1.165) is 0 Å². The fourth-order valence-electron chi connectivity index (χ4n) is 1.77. The minimum absolute atomic E-state index is 0.0373. The van der Waals surface area contributed by atoms with Gasteiger partial charge in [0.1, 0.15) is 0 Å². The predicted octanol–water partition coefficient (Wildman–Crippen LogP) is 2.41. The minimum atomic E-state index is -1.58. The number of para-hydroxylation sites is 1. The van der Waals surface area contributed by atoms with Crippen LogP contribution in [0.1, 0.15) is 22.2 Å². The van der Waals surface area contributed by atoms with Gasteiger partial charge in [0.05, 0.1) is 11.3 Å². The number of hydrogen-bond donors (Lipinski definition) is 3. The molecule has 0 aliphatic rings. The lowest BCUT2D eigenvalue weighted by Gasteiger charge is -2.19. The second-order valence-corrected chi connectivity index (χ2v) is 4.28. The molecule has 0 saturated carbocycles. The number of ether oxygens (including phenoxy) is 1. The van der Waals surface area contributed by atoms with Gasteiger partial charge in [-0.2, -0.15) is 5.06 Å². The van der Waals surface area contributed by atoms with Crippen LogP contribution in [-0.2, 0) is 4.74 Å².